The molecule has 48 heavy (non-hydrogen) atoms. The van der Waals surface area contributed by atoms with Gasteiger partial charge in [-0.05, 0) is 53.4 Å². The Labute approximate surface area is 267 Å². The first-order valence-corrected chi connectivity index (χ1v) is 14.2. The van der Waals surface area contributed by atoms with Gasteiger partial charge in [-0.1, -0.05) is 49.7 Å². The molecule has 0 bridgehead atoms. The summed E-state index contributed by atoms with van der Waals surface area (Å²) < 4.78 is 139. The van der Waals surface area contributed by atoms with Crippen LogP contribution in [0.25, 0.3) is 33.6 Å². The summed E-state index contributed by atoms with van der Waals surface area (Å²) in [4.78, 5) is 8.59. The van der Waals surface area contributed by atoms with Gasteiger partial charge in [0, 0.05) is 17.2 Å². The fourth-order valence-corrected chi connectivity index (χ4v) is 4.57. The van der Waals surface area contributed by atoms with Crippen LogP contribution in [0.1, 0.15) is 25.3 Å². The SMILES string of the molecule is CCCCOc1cnc(-c2ccc(-c3ccc(-c4cc(F)c(C(F)(F)Oc5ccc(OC(F)(F)F)c(F)c5)c(F)c4)c(F)c3)cc2)nc1. The van der Waals surface area contributed by atoms with Crippen LogP contribution in [0.4, 0.5) is 39.5 Å². The number of benzene rings is 4. The third-order valence-corrected chi connectivity index (χ3v) is 6.86. The van der Waals surface area contributed by atoms with Gasteiger partial charge >= 0.3 is 12.5 Å². The molecule has 0 unspecified atom stereocenters. The van der Waals surface area contributed by atoms with E-state index in [4.69, 9.17) is 4.74 Å². The molecule has 1 heterocycles. The highest BCUT2D eigenvalue weighted by molar-refractivity contribution is 5.73. The Kier molecular flexibility index (Phi) is 9.82. The average Bonchev–Trinajstić information content (AvgIpc) is 3.01. The summed E-state index contributed by atoms with van der Waals surface area (Å²) in [5.41, 5.74) is -0.936. The summed E-state index contributed by atoms with van der Waals surface area (Å²) in [6.45, 7) is 2.60. The Hall–Kier alpha value is -5.27. The first-order chi connectivity index (χ1) is 22.7. The van der Waals surface area contributed by atoms with Gasteiger partial charge in [-0.15, -0.1) is 13.2 Å². The van der Waals surface area contributed by atoms with Crippen molar-refractivity contribution in [3.05, 3.63) is 114 Å². The zero-order chi connectivity index (χ0) is 34.6. The molecular formula is C34H23F9N2O3. The van der Waals surface area contributed by atoms with Crippen LogP contribution in [0.5, 0.6) is 17.2 Å². The summed E-state index contributed by atoms with van der Waals surface area (Å²) in [7, 11) is 0. The van der Waals surface area contributed by atoms with Crippen molar-refractivity contribution in [3.8, 4) is 50.9 Å². The fraction of sp³-hybridized carbons (Fsp3) is 0.176. The van der Waals surface area contributed by atoms with E-state index in [-0.39, 0.29) is 11.6 Å². The Balaban J connectivity index is 1.32. The molecule has 0 amide bonds. The fourth-order valence-electron chi connectivity index (χ4n) is 4.57. The van der Waals surface area contributed by atoms with Crippen LogP contribution < -0.4 is 14.2 Å². The highest BCUT2D eigenvalue weighted by Crippen LogP contribution is 2.39. The monoisotopic (exact) mass is 678 g/mol. The van der Waals surface area contributed by atoms with Crippen molar-refractivity contribution >= 4 is 0 Å². The van der Waals surface area contributed by atoms with E-state index >= 15 is 4.39 Å². The summed E-state index contributed by atoms with van der Waals surface area (Å²) in [5.74, 6) is -7.70. The predicted molar refractivity (Wildman–Crippen MR) is 156 cm³/mol. The Morgan fingerprint density at radius 1 is 0.604 bits per heavy atom. The zero-order valence-corrected chi connectivity index (χ0v) is 24.7. The molecular weight excluding hydrogens is 655 g/mol. The normalized spacial score (nSPS) is 11.8. The maximum absolute atomic E-state index is 15.2. The Bertz CT molecular complexity index is 1880. The first kappa shape index (κ1) is 34.1. The van der Waals surface area contributed by atoms with E-state index in [9.17, 15) is 35.1 Å². The van der Waals surface area contributed by atoms with E-state index in [1.807, 2.05) is 6.92 Å². The molecule has 0 atom stereocenters. The number of rotatable bonds is 11. The molecule has 0 radical (unpaired) electrons. The smallest absolute Gasteiger partial charge is 0.490 e. The van der Waals surface area contributed by atoms with Gasteiger partial charge in [-0.3, -0.25) is 0 Å². The molecule has 0 N–H and O–H groups in total. The largest absolute Gasteiger partial charge is 0.573 e. The zero-order valence-electron chi connectivity index (χ0n) is 24.7. The number of hydrogen-bond acceptors (Lipinski definition) is 5. The summed E-state index contributed by atoms with van der Waals surface area (Å²) in [5, 5.41) is 0. The van der Waals surface area contributed by atoms with E-state index in [2.05, 4.69) is 19.4 Å². The molecule has 0 aliphatic rings. The molecule has 5 nitrogen and oxygen atoms in total. The quantitative estimate of drug-likeness (QED) is 0.103. The van der Waals surface area contributed by atoms with Crippen LogP contribution in [0.2, 0.25) is 0 Å². The first-order valence-electron chi connectivity index (χ1n) is 14.2. The Morgan fingerprint density at radius 2 is 1.21 bits per heavy atom. The molecule has 14 heteroatoms. The van der Waals surface area contributed by atoms with E-state index in [1.165, 1.54) is 12.1 Å². The average molecular weight is 679 g/mol. The van der Waals surface area contributed by atoms with Crippen molar-refractivity contribution in [3.63, 3.8) is 0 Å². The molecule has 0 aliphatic carbocycles. The van der Waals surface area contributed by atoms with Gasteiger partial charge in [0.1, 0.15) is 28.8 Å². The van der Waals surface area contributed by atoms with Gasteiger partial charge in [-0.2, -0.15) is 8.78 Å². The third-order valence-electron chi connectivity index (χ3n) is 6.86. The maximum atomic E-state index is 15.2. The molecule has 0 saturated heterocycles. The van der Waals surface area contributed by atoms with Crippen molar-refractivity contribution in [2.24, 2.45) is 0 Å². The second kappa shape index (κ2) is 13.8. The molecule has 0 spiro atoms. The van der Waals surface area contributed by atoms with Gasteiger partial charge in [0.05, 0.1) is 19.0 Å². The molecule has 250 valence electrons. The van der Waals surface area contributed by atoms with E-state index in [1.54, 1.807) is 36.7 Å². The lowest BCUT2D eigenvalue weighted by Gasteiger charge is -2.20. The number of aromatic nitrogens is 2. The van der Waals surface area contributed by atoms with E-state index in [0.29, 0.717) is 59.1 Å². The molecule has 0 fully saturated rings. The summed E-state index contributed by atoms with van der Waals surface area (Å²) >= 11 is 0. The number of halogens is 9. The van der Waals surface area contributed by atoms with Crippen LogP contribution in [0.15, 0.2) is 85.2 Å². The minimum Gasteiger partial charge on any atom is -0.490 e. The minimum absolute atomic E-state index is 0.124. The van der Waals surface area contributed by atoms with Crippen molar-refractivity contribution in [2.45, 2.75) is 32.2 Å². The van der Waals surface area contributed by atoms with Crippen LogP contribution in [-0.4, -0.2) is 22.9 Å². The summed E-state index contributed by atoms with van der Waals surface area (Å²) in [6, 6.07) is 12.5. The molecule has 5 aromatic rings. The molecule has 1 aromatic heterocycles. The Morgan fingerprint density at radius 3 is 1.79 bits per heavy atom. The number of unbranched alkanes of at least 4 members (excludes halogenated alkanes) is 1. The van der Waals surface area contributed by atoms with Gasteiger partial charge in [0.25, 0.3) is 0 Å². The maximum Gasteiger partial charge on any atom is 0.573 e. The minimum atomic E-state index is -5.26. The van der Waals surface area contributed by atoms with Crippen LogP contribution >= 0.6 is 0 Å². The van der Waals surface area contributed by atoms with Crippen molar-refractivity contribution in [1.82, 2.24) is 9.97 Å². The van der Waals surface area contributed by atoms with E-state index < -0.39 is 58.4 Å². The van der Waals surface area contributed by atoms with Crippen molar-refractivity contribution < 1.29 is 53.7 Å². The lowest BCUT2D eigenvalue weighted by Crippen LogP contribution is -2.25. The molecule has 4 aromatic carbocycles. The van der Waals surface area contributed by atoms with E-state index in [0.717, 1.165) is 18.9 Å². The number of nitrogens with zero attached hydrogens (tertiary/aromatic N) is 2. The topological polar surface area (TPSA) is 53.5 Å². The van der Waals surface area contributed by atoms with Crippen molar-refractivity contribution in [1.29, 1.82) is 0 Å². The third kappa shape index (κ3) is 7.99. The standard InChI is InChI=1S/C34H23F9N2O3/c1-2-3-12-46-24-17-44-32(45-18-24)20-6-4-19(5-7-20)21-8-10-25(26(35)13-21)22-14-28(37)31(29(38)15-22)33(39,40)47-23-9-11-30(27(36)16-23)48-34(41,42)43/h4-11,13-18H,2-3,12H2,1H3. The van der Waals surface area contributed by atoms with Gasteiger partial charge < -0.3 is 14.2 Å². The number of alkyl halides is 5. The highest BCUT2D eigenvalue weighted by Gasteiger charge is 2.42. The van der Waals surface area contributed by atoms with Gasteiger partial charge in [0.2, 0.25) is 0 Å². The predicted octanol–water partition coefficient (Wildman–Crippen LogP) is 10.2. The van der Waals surface area contributed by atoms with Crippen LogP contribution in [0.3, 0.4) is 0 Å². The molecule has 0 saturated carbocycles. The lowest BCUT2D eigenvalue weighted by atomic mass is 9.97. The lowest BCUT2D eigenvalue weighted by molar-refractivity contribution is -0.275. The summed E-state index contributed by atoms with van der Waals surface area (Å²) in [6.07, 6.45) is -5.00. The number of hydrogen-bond donors (Lipinski definition) is 0. The molecule has 0 aliphatic heterocycles. The van der Waals surface area contributed by atoms with Gasteiger partial charge in [-0.25, -0.2) is 27.5 Å². The second-order valence-electron chi connectivity index (χ2n) is 10.3. The van der Waals surface area contributed by atoms with Crippen LogP contribution in [0, 0.1) is 23.3 Å². The van der Waals surface area contributed by atoms with Crippen LogP contribution in [-0.2, 0) is 6.11 Å². The molecule has 5 rings (SSSR count). The van der Waals surface area contributed by atoms with Gasteiger partial charge in [0.15, 0.2) is 23.1 Å². The number of ether oxygens (including phenoxy) is 3. The highest BCUT2D eigenvalue weighted by atomic mass is 19.4. The van der Waals surface area contributed by atoms with Crippen molar-refractivity contribution in [2.75, 3.05) is 6.61 Å². The second-order valence-corrected chi connectivity index (χ2v) is 10.3.